The Labute approximate surface area is 222 Å². The van der Waals surface area contributed by atoms with Crippen LogP contribution in [0.3, 0.4) is 0 Å². The molecule has 0 saturated heterocycles. The third kappa shape index (κ3) is 5.17. The highest BCUT2D eigenvalue weighted by Gasteiger charge is 2.44. The van der Waals surface area contributed by atoms with Gasteiger partial charge in [0.2, 0.25) is 16.6 Å². The highest BCUT2D eigenvalue weighted by molar-refractivity contribution is 6.74. The zero-order chi connectivity index (χ0) is 26.5. The first-order valence-electron chi connectivity index (χ1n) is 13.3. The Bertz CT molecular complexity index is 1080. The molecule has 0 amide bonds. The van der Waals surface area contributed by atoms with Crippen molar-refractivity contribution in [3.8, 4) is 0 Å². The molecule has 2 aliphatic carbocycles. The fourth-order valence-corrected chi connectivity index (χ4v) is 6.40. The number of benzene rings is 2. The molecule has 0 heterocycles. The van der Waals surface area contributed by atoms with Crippen molar-refractivity contribution in [2.45, 2.75) is 90.6 Å². The van der Waals surface area contributed by atoms with Gasteiger partial charge in [0.1, 0.15) is 0 Å². The van der Waals surface area contributed by atoms with Crippen molar-refractivity contribution in [3.05, 3.63) is 94.1 Å². The molecule has 0 aromatic heterocycles. The summed E-state index contributed by atoms with van der Waals surface area (Å²) >= 11 is 0. The van der Waals surface area contributed by atoms with Crippen LogP contribution < -0.4 is 0 Å². The Balaban J connectivity index is 1.61. The van der Waals surface area contributed by atoms with Crippen LogP contribution >= 0.6 is 0 Å². The minimum absolute atomic E-state index is 0.153. The summed E-state index contributed by atoms with van der Waals surface area (Å²) in [5.74, 6) is 4.81. The summed E-state index contributed by atoms with van der Waals surface area (Å²) < 4.78 is 13.8. The van der Waals surface area contributed by atoms with Gasteiger partial charge in [0.25, 0.3) is 0 Å². The first-order chi connectivity index (χ1) is 16.6. The fraction of sp³-hybridized carbons (Fsp3) is 0.438. The first kappa shape index (κ1) is 27.0. The Kier molecular flexibility index (Phi) is 7.02. The molecule has 0 atom stereocenters. The molecule has 2 aromatic carbocycles. The van der Waals surface area contributed by atoms with Gasteiger partial charge in [-0.05, 0) is 83.5 Å². The van der Waals surface area contributed by atoms with Crippen molar-refractivity contribution in [2.75, 3.05) is 0 Å². The van der Waals surface area contributed by atoms with E-state index in [9.17, 15) is 0 Å². The van der Waals surface area contributed by atoms with Crippen LogP contribution in [0.2, 0.25) is 36.3 Å². The minimum atomic E-state index is -1.96. The molecule has 4 heteroatoms. The van der Waals surface area contributed by atoms with Crippen LogP contribution in [0.1, 0.15) is 76.6 Å². The number of hydrogen-bond donors (Lipinski definition) is 0. The lowest BCUT2D eigenvalue weighted by molar-refractivity contribution is 0.376. The van der Waals surface area contributed by atoms with Gasteiger partial charge in [-0.25, -0.2) is 0 Å². The summed E-state index contributed by atoms with van der Waals surface area (Å²) in [7, 11) is -3.92. The molecule has 2 aromatic rings. The van der Waals surface area contributed by atoms with Gasteiger partial charge in [-0.1, -0.05) is 90.1 Å². The average Bonchev–Trinajstić information content (AvgIpc) is 3.27. The molecule has 0 aliphatic heterocycles. The number of rotatable bonds is 7. The van der Waals surface area contributed by atoms with Crippen LogP contribution in [0.25, 0.3) is 12.2 Å². The van der Waals surface area contributed by atoms with E-state index < -0.39 is 16.6 Å². The molecular formula is C32H44O2Si2. The van der Waals surface area contributed by atoms with Crippen LogP contribution in [-0.2, 0) is 8.85 Å². The van der Waals surface area contributed by atoms with Gasteiger partial charge in [0.05, 0.1) is 23.4 Å². The van der Waals surface area contributed by atoms with E-state index in [0.717, 1.165) is 24.4 Å². The molecule has 0 saturated carbocycles. The van der Waals surface area contributed by atoms with Crippen molar-refractivity contribution in [1.82, 2.24) is 0 Å². The zero-order valence-corrected chi connectivity index (χ0v) is 26.0. The van der Waals surface area contributed by atoms with Gasteiger partial charge in [-0.3, -0.25) is 0 Å². The number of fused-ring (bicyclic) bond motifs is 2. The summed E-state index contributed by atoms with van der Waals surface area (Å²) in [5.41, 5.74) is 5.17. The predicted molar refractivity (Wildman–Crippen MR) is 159 cm³/mol. The Morgan fingerprint density at radius 3 is 1.22 bits per heavy atom. The SMILES string of the molecule is CC(C)(C)[Si](C)(C)OC1=Cc2ccccc2[C]1CC[C]1C(O[Si](C)(C)C(C)(C)C)=Cc2ccccc21. The Morgan fingerprint density at radius 2 is 0.889 bits per heavy atom. The van der Waals surface area contributed by atoms with Crippen LogP contribution in [-0.4, -0.2) is 16.6 Å². The molecule has 4 rings (SSSR count). The summed E-state index contributed by atoms with van der Waals surface area (Å²) in [6, 6.07) is 17.5. The average molecular weight is 517 g/mol. The lowest BCUT2D eigenvalue weighted by Gasteiger charge is -2.39. The van der Waals surface area contributed by atoms with Crippen molar-refractivity contribution >= 4 is 28.8 Å². The molecule has 2 nitrogen and oxygen atoms in total. The second kappa shape index (κ2) is 9.36. The predicted octanol–water partition coefficient (Wildman–Crippen LogP) is 9.76. The van der Waals surface area contributed by atoms with E-state index in [2.05, 4.69) is 128 Å². The molecule has 36 heavy (non-hydrogen) atoms. The Hall–Kier alpha value is -2.05. The molecule has 2 aliphatic rings. The number of allylic oxidation sites excluding steroid dienone is 2. The first-order valence-corrected chi connectivity index (χ1v) is 19.1. The molecule has 192 valence electrons. The van der Waals surface area contributed by atoms with Crippen LogP contribution in [0.5, 0.6) is 0 Å². The van der Waals surface area contributed by atoms with Gasteiger partial charge >= 0.3 is 0 Å². The molecule has 2 radical (unpaired) electrons. The molecule has 0 bridgehead atoms. The van der Waals surface area contributed by atoms with E-state index in [0.29, 0.717) is 0 Å². The summed E-state index contributed by atoms with van der Waals surface area (Å²) in [6.45, 7) is 23.2. The summed E-state index contributed by atoms with van der Waals surface area (Å²) in [5, 5.41) is 0.305. The van der Waals surface area contributed by atoms with Crippen molar-refractivity contribution in [3.63, 3.8) is 0 Å². The fourth-order valence-electron chi connectivity index (χ4n) is 4.32. The van der Waals surface area contributed by atoms with E-state index in [1.165, 1.54) is 34.1 Å². The summed E-state index contributed by atoms with van der Waals surface area (Å²) in [6.07, 6.45) is 6.39. The maximum absolute atomic E-state index is 6.91. The van der Waals surface area contributed by atoms with Gasteiger partial charge < -0.3 is 8.85 Å². The smallest absolute Gasteiger partial charge is 0.250 e. The normalized spacial score (nSPS) is 16.9. The molecule has 0 N–H and O–H groups in total. The van der Waals surface area contributed by atoms with E-state index >= 15 is 0 Å². The molecule has 0 spiro atoms. The van der Waals surface area contributed by atoms with Gasteiger partial charge in [0, 0.05) is 0 Å². The molecular weight excluding hydrogens is 473 g/mol. The quantitative estimate of drug-likeness (QED) is 0.341. The standard InChI is InChI=1S/C32H44O2Si2/c1-31(2,3)35(7,8)33-29-21-23-15-11-13-17-25(23)27(29)19-20-28-26-18-14-12-16-24(26)22-30(28)34-36(9,10)32(4,5)6/h11-18,21-22H,19-20H2,1-10H3. The Morgan fingerprint density at radius 1 is 0.556 bits per heavy atom. The highest BCUT2D eigenvalue weighted by atomic mass is 28.4. The van der Waals surface area contributed by atoms with Gasteiger partial charge in [-0.15, -0.1) is 0 Å². The second-order valence-electron chi connectivity index (χ2n) is 13.4. The number of hydrogen-bond acceptors (Lipinski definition) is 2. The third-order valence-corrected chi connectivity index (χ3v) is 17.4. The molecule has 0 fully saturated rings. The largest absolute Gasteiger partial charge is 0.546 e. The van der Waals surface area contributed by atoms with Gasteiger partial charge in [0.15, 0.2) is 0 Å². The summed E-state index contributed by atoms with van der Waals surface area (Å²) in [4.78, 5) is 0. The van der Waals surface area contributed by atoms with Crippen LogP contribution in [0.15, 0.2) is 60.0 Å². The molecule has 0 unspecified atom stereocenters. The van der Waals surface area contributed by atoms with Crippen molar-refractivity contribution in [1.29, 1.82) is 0 Å². The van der Waals surface area contributed by atoms with Crippen LogP contribution in [0.4, 0.5) is 0 Å². The zero-order valence-electron chi connectivity index (χ0n) is 24.0. The van der Waals surface area contributed by atoms with E-state index in [1.54, 1.807) is 0 Å². The maximum Gasteiger partial charge on any atom is 0.250 e. The van der Waals surface area contributed by atoms with Crippen molar-refractivity contribution < 1.29 is 8.85 Å². The maximum atomic E-state index is 6.91. The van der Waals surface area contributed by atoms with E-state index in [1.807, 2.05) is 0 Å². The lowest BCUT2D eigenvalue weighted by Crippen LogP contribution is -2.41. The minimum Gasteiger partial charge on any atom is -0.546 e. The highest BCUT2D eigenvalue weighted by Crippen LogP contribution is 2.49. The topological polar surface area (TPSA) is 18.5 Å². The van der Waals surface area contributed by atoms with E-state index in [-0.39, 0.29) is 10.1 Å². The third-order valence-electron chi connectivity index (χ3n) is 8.71. The van der Waals surface area contributed by atoms with Crippen LogP contribution in [0, 0.1) is 11.8 Å². The second-order valence-corrected chi connectivity index (χ2v) is 22.8. The lowest BCUT2D eigenvalue weighted by atomic mass is 9.88. The van der Waals surface area contributed by atoms with E-state index in [4.69, 9.17) is 8.85 Å². The van der Waals surface area contributed by atoms with Gasteiger partial charge in [-0.2, -0.15) is 0 Å². The monoisotopic (exact) mass is 516 g/mol. The van der Waals surface area contributed by atoms with Crippen molar-refractivity contribution in [2.24, 2.45) is 0 Å².